The molecule has 0 bridgehead atoms. The van der Waals surface area contributed by atoms with Crippen molar-refractivity contribution in [2.45, 2.75) is 32.4 Å². The van der Waals surface area contributed by atoms with Crippen LogP contribution in [-0.4, -0.2) is 31.7 Å². The van der Waals surface area contributed by atoms with Crippen LogP contribution in [0.25, 0.3) is 16.8 Å². The number of rotatable bonds is 5. The van der Waals surface area contributed by atoms with E-state index < -0.39 is 0 Å². The van der Waals surface area contributed by atoms with Crippen LogP contribution in [0.3, 0.4) is 0 Å². The number of hydrogen-bond donors (Lipinski definition) is 0. The summed E-state index contributed by atoms with van der Waals surface area (Å²) in [5.41, 5.74) is 3.64. The highest BCUT2D eigenvalue weighted by molar-refractivity contribution is 5.94. The molecule has 1 unspecified atom stereocenters. The summed E-state index contributed by atoms with van der Waals surface area (Å²) in [6.45, 7) is 2.72. The number of amides is 1. The number of fused-ring (bicyclic) bond motifs is 1. The number of hydrogen-bond acceptors (Lipinski definition) is 4. The molecular formula is C27H23FN4O2. The lowest BCUT2D eigenvalue weighted by Gasteiger charge is -2.21. The van der Waals surface area contributed by atoms with Crippen LogP contribution in [0.15, 0.2) is 67.1 Å². The van der Waals surface area contributed by atoms with Gasteiger partial charge in [-0.25, -0.2) is 9.37 Å². The van der Waals surface area contributed by atoms with Gasteiger partial charge in [0.2, 0.25) is 0 Å². The Morgan fingerprint density at radius 3 is 2.74 bits per heavy atom. The second kappa shape index (κ2) is 9.36. The molecule has 3 heterocycles. The van der Waals surface area contributed by atoms with Gasteiger partial charge in [0.15, 0.2) is 0 Å². The fourth-order valence-corrected chi connectivity index (χ4v) is 4.32. The Labute approximate surface area is 197 Å². The van der Waals surface area contributed by atoms with Crippen LogP contribution >= 0.6 is 0 Å². The van der Waals surface area contributed by atoms with Gasteiger partial charge < -0.3 is 9.64 Å². The molecule has 5 rings (SSSR count). The summed E-state index contributed by atoms with van der Waals surface area (Å²) in [7, 11) is 0. The number of likely N-dealkylation sites (tertiary alicyclic amines) is 1. The first kappa shape index (κ1) is 21.7. The van der Waals surface area contributed by atoms with E-state index >= 15 is 0 Å². The Morgan fingerprint density at radius 2 is 1.97 bits per heavy atom. The molecule has 1 atom stereocenters. The minimum absolute atomic E-state index is 0.125. The van der Waals surface area contributed by atoms with Crippen molar-refractivity contribution in [2.75, 3.05) is 6.54 Å². The molecule has 0 aliphatic carbocycles. The van der Waals surface area contributed by atoms with Gasteiger partial charge in [0.1, 0.15) is 24.0 Å². The summed E-state index contributed by atoms with van der Waals surface area (Å²) in [5.74, 6) is 6.35. The molecule has 34 heavy (non-hydrogen) atoms. The fourth-order valence-electron chi connectivity index (χ4n) is 4.32. The van der Waals surface area contributed by atoms with Crippen molar-refractivity contribution in [1.29, 1.82) is 0 Å². The topological polar surface area (TPSA) is 59.7 Å². The number of halogens is 1. The average Bonchev–Trinajstić information content (AvgIpc) is 3.49. The Kier molecular flexibility index (Phi) is 5.96. The number of nitrogens with zero attached hydrogens (tertiary/aromatic N) is 4. The van der Waals surface area contributed by atoms with Crippen LogP contribution in [0.5, 0.6) is 5.75 Å². The van der Waals surface area contributed by atoms with Gasteiger partial charge >= 0.3 is 0 Å². The van der Waals surface area contributed by atoms with Crippen molar-refractivity contribution in [3.8, 4) is 28.8 Å². The summed E-state index contributed by atoms with van der Waals surface area (Å²) >= 11 is 0. The van der Waals surface area contributed by atoms with Crippen molar-refractivity contribution in [2.24, 2.45) is 0 Å². The molecule has 170 valence electrons. The Hall–Kier alpha value is -4.18. The molecular weight excluding hydrogens is 431 g/mol. The molecule has 1 amide bonds. The van der Waals surface area contributed by atoms with Gasteiger partial charge in [-0.3, -0.25) is 14.2 Å². The minimum Gasteiger partial charge on any atom is -0.489 e. The minimum atomic E-state index is -0.291. The van der Waals surface area contributed by atoms with Gasteiger partial charge in [-0.15, -0.1) is 0 Å². The van der Waals surface area contributed by atoms with Crippen LogP contribution in [0, 0.1) is 17.7 Å². The van der Waals surface area contributed by atoms with Crippen molar-refractivity contribution in [3.05, 3.63) is 84.3 Å². The van der Waals surface area contributed by atoms with E-state index in [1.165, 1.54) is 12.1 Å². The van der Waals surface area contributed by atoms with E-state index in [1.54, 1.807) is 31.5 Å². The van der Waals surface area contributed by atoms with Crippen molar-refractivity contribution >= 4 is 11.4 Å². The molecule has 7 heteroatoms. The third-order valence-corrected chi connectivity index (χ3v) is 5.96. The van der Waals surface area contributed by atoms with E-state index in [0.717, 1.165) is 41.0 Å². The van der Waals surface area contributed by atoms with E-state index in [-0.39, 0.29) is 17.8 Å². The standard InChI is InChI=1S/C27H23FN4O2/c1-2-4-25(33)31-15-3-5-23(31)27-30-26(24-17-29-14-16-32(24)27)20-8-6-19(7-9-20)18-34-22-12-10-21(28)11-13-22/h6-14,16-17,23H,3,5,15,18H2,1H3. The Balaban J connectivity index is 1.42. The normalized spacial score (nSPS) is 15.2. The lowest BCUT2D eigenvalue weighted by atomic mass is 10.1. The maximum Gasteiger partial charge on any atom is 0.299 e. The molecule has 1 aliphatic heterocycles. The number of benzene rings is 2. The molecule has 2 aromatic carbocycles. The zero-order chi connectivity index (χ0) is 23.5. The Morgan fingerprint density at radius 1 is 1.18 bits per heavy atom. The van der Waals surface area contributed by atoms with Crippen LogP contribution < -0.4 is 4.74 Å². The molecule has 2 aromatic heterocycles. The smallest absolute Gasteiger partial charge is 0.299 e. The predicted molar refractivity (Wildman–Crippen MR) is 126 cm³/mol. The molecule has 4 aromatic rings. The number of aromatic nitrogens is 3. The number of carbonyl (C=O) groups excluding carboxylic acids is 1. The van der Waals surface area contributed by atoms with Gasteiger partial charge in [0.25, 0.3) is 5.91 Å². The van der Waals surface area contributed by atoms with Crippen molar-refractivity contribution < 1.29 is 13.9 Å². The monoisotopic (exact) mass is 454 g/mol. The number of imidazole rings is 1. The highest BCUT2D eigenvalue weighted by Crippen LogP contribution is 2.35. The van der Waals surface area contributed by atoms with Gasteiger partial charge in [-0.05, 0) is 55.5 Å². The highest BCUT2D eigenvalue weighted by atomic mass is 19.1. The first-order valence-electron chi connectivity index (χ1n) is 11.2. The SMILES string of the molecule is CC#CC(=O)N1CCCC1c1nc(-c2ccc(COc3ccc(F)cc3)cc2)c2cnccn12. The van der Waals surface area contributed by atoms with Crippen LogP contribution in [0.4, 0.5) is 4.39 Å². The molecule has 0 spiro atoms. The lowest BCUT2D eigenvalue weighted by Crippen LogP contribution is -2.30. The third kappa shape index (κ3) is 4.23. The first-order chi connectivity index (χ1) is 16.6. The highest BCUT2D eigenvalue weighted by Gasteiger charge is 2.33. The number of carbonyl (C=O) groups is 1. The second-order valence-electron chi connectivity index (χ2n) is 8.12. The van der Waals surface area contributed by atoms with E-state index in [1.807, 2.05) is 39.8 Å². The molecule has 0 N–H and O–H groups in total. The van der Waals surface area contributed by atoms with Gasteiger partial charge in [-0.2, -0.15) is 0 Å². The zero-order valence-electron chi connectivity index (χ0n) is 18.7. The predicted octanol–water partition coefficient (Wildman–Crippen LogP) is 4.80. The van der Waals surface area contributed by atoms with E-state index in [4.69, 9.17) is 9.72 Å². The molecule has 6 nitrogen and oxygen atoms in total. The zero-order valence-corrected chi connectivity index (χ0v) is 18.7. The van der Waals surface area contributed by atoms with Crippen molar-refractivity contribution in [1.82, 2.24) is 19.3 Å². The second-order valence-corrected chi connectivity index (χ2v) is 8.12. The van der Waals surface area contributed by atoms with Gasteiger partial charge in [0, 0.05) is 24.5 Å². The first-order valence-corrected chi connectivity index (χ1v) is 11.2. The summed E-state index contributed by atoms with van der Waals surface area (Å²) in [6.07, 6.45) is 7.17. The quantitative estimate of drug-likeness (QED) is 0.407. The Bertz CT molecular complexity index is 1380. The average molecular weight is 455 g/mol. The summed E-state index contributed by atoms with van der Waals surface area (Å²) < 4.78 is 20.8. The van der Waals surface area contributed by atoms with E-state index in [2.05, 4.69) is 16.8 Å². The molecule has 0 saturated carbocycles. The fraction of sp³-hybridized carbons (Fsp3) is 0.222. The summed E-state index contributed by atoms with van der Waals surface area (Å²) in [4.78, 5) is 23.6. The molecule has 1 saturated heterocycles. The number of ether oxygens (including phenoxy) is 1. The van der Waals surface area contributed by atoms with Crippen LogP contribution in [0.2, 0.25) is 0 Å². The van der Waals surface area contributed by atoms with Gasteiger partial charge in [0.05, 0.1) is 23.4 Å². The maximum atomic E-state index is 13.1. The molecule has 0 radical (unpaired) electrons. The van der Waals surface area contributed by atoms with E-state index in [9.17, 15) is 9.18 Å². The molecule has 1 aliphatic rings. The van der Waals surface area contributed by atoms with Gasteiger partial charge in [-0.1, -0.05) is 30.2 Å². The summed E-state index contributed by atoms with van der Waals surface area (Å²) in [6, 6.07) is 13.8. The summed E-state index contributed by atoms with van der Waals surface area (Å²) in [5, 5.41) is 0. The van der Waals surface area contributed by atoms with Crippen molar-refractivity contribution in [3.63, 3.8) is 0 Å². The van der Waals surface area contributed by atoms with Crippen LogP contribution in [0.1, 0.15) is 37.2 Å². The largest absolute Gasteiger partial charge is 0.489 e. The lowest BCUT2D eigenvalue weighted by molar-refractivity contribution is -0.126. The van der Waals surface area contributed by atoms with Crippen LogP contribution in [-0.2, 0) is 11.4 Å². The maximum absolute atomic E-state index is 13.1. The third-order valence-electron chi connectivity index (χ3n) is 5.96. The van der Waals surface area contributed by atoms with E-state index in [0.29, 0.717) is 18.9 Å². The molecule has 1 fully saturated rings.